The van der Waals surface area contributed by atoms with E-state index in [1.54, 1.807) is 0 Å². The number of fused-ring (bicyclic) bond motifs is 1. The summed E-state index contributed by atoms with van der Waals surface area (Å²) in [5, 5.41) is 10.9. The van der Waals surface area contributed by atoms with Crippen LogP contribution >= 0.6 is 0 Å². The number of imidazole rings is 1. The second-order valence-electron chi connectivity index (χ2n) is 6.92. The number of aliphatic hydroxyl groups excluding tert-OH is 1. The Morgan fingerprint density at radius 1 is 1.00 bits per heavy atom. The van der Waals surface area contributed by atoms with E-state index in [-0.39, 0.29) is 0 Å². The molecule has 0 amide bonds. The zero-order chi connectivity index (χ0) is 17.8. The van der Waals surface area contributed by atoms with Gasteiger partial charge in [0.25, 0.3) is 0 Å². The van der Waals surface area contributed by atoms with Crippen molar-refractivity contribution in [2.24, 2.45) is 0 Å². The number of aromatic nitrogens is 2. The molecular weight excluding hydrogens is 308 g/mol. The van der Waals surface area contributed by atoms with Crippen molar-refractivity contribution in [3.8, 4) is 0 Å². The minimum atomic E-state index is -0.694. The van der Waals surface area contributed by atoms with Gasteiger partial charge >= 0.3 is 0 Å². The summed E-state index contributed by atoms with van der Waals surface area (Å²) in [5.41, 5.74) is 5.50. The lowest BCUT2D eigenvalue weighted by molar-refractivity contribution is 0.205. The molecule has 132 valence electrons. The molecule has 0 radical (unpaired) electrons. The van der Waals surface area contributed by atoms with Gasteiger partial charge in [0.15, 0.2) is 0 Å². The average molecular weight is 336 g/mol. The number of aryl methyl sites for hydroxylation is 3. The Kier molecular flexibility index (Phi) is 5.54. The Labute approximate surface area is 150 Å². The van der Waals surface area contributed by atoms with E-state index in [2.05, 4.69) is 37.5 Å². The second kappa shape index (κ2) is 7.83. The van der Waals surface area contributed by atoms with E-state index in [4.69, 9.17) is 4.98 Å². The first-order valence-corrected chi connectivity index (χ1v) is 9.32. The average Bonchev–Trinajstić information content (AvgIpc) is 2.97. The first-order valence-electron chi connectivity index (χ1n) is 9.32. The lowest BCUT2D eigenvalue weighted by atomic mass is 10.1. The highest BCUT2D eigenvalue weighted by molar-refractivity contribution is 5.78. The molecule has 0 spiro atoms. The lowest BCUT2D eigenvalue weighted by Gasteiger charge is -2.14. The highest BCUT2D eigenvalue weighted by Gasteiger charge is 2.20. The van der Waals surface area contributed by atoms with Crippen molar-refractivity contribution >= 4 is 11.0 Å². The summed E-state index contributed by atoms with van der Waals surface area (Å²) < 4.78 is 2.22. The van der Waals surface area contributed by atoms with E-state index in [1.165, 1.54) is 30.4 Å². The second-order valence-corrected chi connectivity index (χ2v) is 6.92. The molecule has 0 aliphatic heterocycles. The Morgan fingerprint density at radius 3 is 2.44 bits per heavy atom. The van der Waals surface area contributed by atoms with Crippen LogP contribution in [0.3, 0.4) is 0 Å². The minimum absolute atomic E-state index is 0.694. The van der Waals surface area contributed by atoms with Gasteiger partial charge < -0.3 is 9.67 Å². The van der Waals surface area contributed by atoms with E-state index in [9.17, 15) is 5.11 Å². The maximum atomic E-state index is 10.9. The van der Waals surface area contributed by atoms with Crippen LogP contribution in [0.2, 0.25) is 0 Å². The number of aliphatic hydroxyl groups is 1. The van der Waals surface area contributed by atoms with E-state index < -0.39 is 6.10 Å². The number of benzene rings is 2. The Hall–Kier alpha value is -2.13. The van der Waals surface area contributed by atoms with Gasteiger partial charge in [-0.1, -0.05) is 56.5 Å². The third kappa shape index (κ3) is 3.77. The zero-order valence-corrected chi connectivity index (χ0v) is 15.5. The number of hydrogen-bond acceptors (Lipinski definition) is 2. The van der Waals surface area contributed by atoms with E-state index in [1.807, 2.05) is 30.3 Å². The van der Waals surface area contributed by atoms with E-state index >= 15 is 0 Å². The van der Waals surface area contributed by atoms with Crippen LogP contribution in [0.4, 0.5) is 0 Å². The smallest absolute Gasteiger partial charge is 0.143 e. The van der Waals surface area contributed by atoms with Gasteiger partial charge in [0.2, 0.25) is 0 Å². The Balaban J connectivity index is 2.03. The minimum Gasteiger partial charge on any atom is -0.380 e. The summed E-state index contributed by atoms with van der Waals surface area (Å²) in [4.78, 5) is 4.80. The molecule has 3 aromatic rings. The van der Waals surface area contributed by atoms with Crippen LogP contribution in [-0.2, 0) is 6.54 Å². The van der Waals surface area contributed by atoms with Gasteiger partial charge in [-0.25, -0.2) is 4.98 Å². The quantitative estimate of drug-likeness (QED) is 0.593. The summed E-state index contributed by atoms with van der Waals surface area (Å²) >= 11 is 0. The third-order valence-electron chi connectivity index (χ3n) is 4.99. The topological polar surface area (TPSA) is 38.0 Å². The molecule has 0 aliphatic rings. The third-order valence-corrected chi connectivity index (χ3v) is 4.99. The van der Waals surface area contributed by atoms with Crippen LogP contribution < -0.4 is 0 Å². The van der Waals surface area contributed by atoms with Gasteiger partial charge in [-0.05, 0) is 49.1 Å². The highest BCUT2D eigenvalue weighted by Crippen LogP contribution is 2.28. The maximum Gasteiger partial charge on any atom is 0.143 e. The monoisotopic (exact) mass is 336 g/mol. The first-order chi connectivity index (χ1) is 12.1. The molecule has 3 heteroatoms. The molecule has 1 atom stereocenters. The lowest BCUT2D eigenvalue weighted by Crippen LogP contribution is -2.10. The predicted octanol–water partition coefficient (Wildman–Crippen LogP) is 5.32. The fourth-order valence-corrected chi connectivity index (χ4v) is 3.32. The Morgan fingerprint density at radius 2 is 1.72 bits per heavy atom. The molecule has 1 heterocycles. The van der Waals surface area contributed by atoms with Crippen LogP contribution in [0.5, 0.6) is 0 Å². The summed E-state index contributed by atoms with van der Waals surface area (Å²) in [5.74, 6) is 0.752. The number of unbranched alkanes of at least 4 members (excludes halogenated alkanes) is 3. The molecule has 1 aromatic heterocycles. The van der Waals surface area contributed by atoms with Crippen molar-refractivity contribution < 1.29 is 5.11 Å². The van der Waals surface area contributed by atoms with Gasteiger partial charge in [-0.2, -0.15) is 0 Å². The molecule has 0 fully saturated rings. The molecule has 0 saturated heterocycles. The normalized spacial score (nSPS) is 12.6. The van der Waals surface area contributed by atoms with Crippen molar-refractivity contribution in [2.45, 2.75) is 59.1 Å². The largest absolute Gasteiger partial charge is 0.380 e. The van der Waals surface area contributed by atoms with Gasteiger partial charge in [-0.15, -0.1) is 0 Å². The van der Waals surface area contributed by atoms with Crippen LogP contribution in [0.15, 0.2) is 42.5 Å². The fraction of sp³-hybridized carbons (Fsp3) is 0.409. The molecule has 3 nitrogen and oxygen atoms in total. The molecule has 0 aliphatic carbocycles. The van der Waals surface area contributed by atoms with Crippen LogP contribution in [0.25, 0.3) is 11.0 Å². The summed E-state index contributed by atoms with van der Waals surface area (Å²) in [6.45, 7) is 7.38. The van der Waals surface area contributed by atoms with E-state index in [0.29, 0.717) is 0 Å². The molecule has 0 bridgehead atoms. The van der Waals surface area contributed by atoms with Gasteiger partial charge in [0.05, 0.1) is 11.0 Å². The Bertz CT molecular complexity index is 836. The zero-order valence-electron chi connectivity index (χ0n) is 15.5. The maximum absolute atomic E-state index is 10.9. The molecule has 2 aromatic carbocycles. The van der Waals surface area contributed by atoms with Crippen molar-refractivity contribution in [3.05, 3.63) is 65.0 Å². The number of hydrogen-bond donors (Lipinski definition) is 1. The predicted molar refractivity (Wildman–Crippen MR) is 104 cm³/mol. The van der Waals surface area contributed by atoms with Crippen molar-refractivity contribution in [2.75, 3.05) is 0 Å². The molecule has 3 rings (SSSR count). The van der Waals surface area contributed by atoms with Crippen molar-refractivity contribution in [3.63, 3.8) is 0 Å². The highest BCUT2D eigenvalue weighted by atomic mass is 16.3. The van der Waals surface area contributed by atoms with Crippen molar-refractivity contribution in [1.82, 2.24) is 9.55 Å². The van der Waals surface area contributed by atoms with Gasteiger partial charge in [0.1, 0.15) is 11.9 Å². The van der Waals surface area contributed by atoms with E-state index in [0.717, 1.165) is 35.4 Å². The first kappa shape index (κ1) is 17.7. The molecule has 1 unspecified atom stereocenters. The molecule has 0 saturated carbocycles. The number of rotatable bonds is 7. The fourth-order valence-electron chi connectivity index (χ4n) is 3.32. The van der Waals surface area contributed by atoms with Crippen LogP contribution in [0.1, 0.15) is 61.2 Å². The summed E-state index contributed by atoms with van der Waals surface area (Å²) in [6, 6.07) is 14.1. The molecule has 25 heavy (non-hydrogen) atoms. The van der Waals surface area contributed by atoms with Crippen LogP contribution in [-0.4, -0.2) is 14.7 Å². The van der Waals surface area contributed by atoms with Gasteiger partial charge in [0, 0.05) is 6.54 Å². The van der Waals surface area contributed by atoms with Gasteiger partial charge in [-0.3, -0.25) is 0 Å². The molecule has 1 N–H and O–H groups in total. The molecular formula is C22H28N2O. The SMILES string of the molecule is CCCCCCn1c(C(O)c2ccccc2)nc2cc(C)c(C)cc21. The summed E-state index contributed by atoms with van der Waals surface area (Å²) in [7, 11) is 0. The van der Waals surface area contributed by atoms with Crippen molar-refractivity contribution in [1.29, 1.82) is 0 Å². The van der Waals surface area contributed by atoms with Crippen LogP contribution in [0, 0.1) is 13.8 Å². The number of nitrogens with zero attached hydrogens (tertiary/aromatic N) is 2. The summed E-state index contributed by atoms with van der Waals surface area (Å²) in [6.07, 6.45) is 4.10. The standard InChI is InChI=1S/C22H28N2O/c1-4-5-6-10-13-24-20-15-17(3)16(2)14-19(20)23-22(24)21(25)18-11-8-7-9-12-18/h7-9,11-12,14-15,21,25H,4-6,10,13H2,1-3H3.